The molecule has 2 aromatic carbocycles. The number of hydrogen-bond donors (Lipinski definition) is 1. The van der Waals surface area contributed by atoms with Crippen LogP contribution >= 0.6 is 23.4 Å². The number of nitrogens with two attached hydrogens (primary N) is 1. The zero-order valence-corrected chi connectivity index (χ0v) is 17.1. The molecule has 1 aromatic heterocycles. The second kappa shape index (κ2) is 8.34. The first kappa shape index (κ1) is 19.0. The molecule has 1 aliphatic rings. The zero-order chi connectivity index (χ0) is 19.5. The molecule has 1 saturated carbocycles. The van der Waals surface area contributed by atoms with Crippen LogP contribution in [0.25, 0.3) is 11.1 Å². The first-order chi connectivity index (χ1) is 13.7. The van der Waals surface area contributed by atoms with E-state index in [0.717, 1.165) is 33.9 Å². The number of nitrogen functional groups attached to an aromatic ring is 1. The number of nitriles is 1. The van der Waals surface area contributed by atoms with Crippen molar-refractivity contribution in [2.24, 2.45) is 0 Å². The van der Waals surface area contributed by atoms with E-state index in [0.29, 0.717) is 22.4 Å². The van der Waals surface area contributed by atoms with Crippen molar-refractivity contribution >= 4 is 29.2 Å². The monoisotopic (exact) mass is 407 g/mol. The molecule has 28 heavy (non-hydrogen) atoms. The van der Waals surface area contributed by atoms with Gasteiger partial charge in [0.05, 0.1) is 5.03 Å². The van der Waals surface area contributed by atoms with E-state index in [1.165, 1.54) is 19.3 Å². The summed E-state index contributed by atoms with van der Waals surface area (Å²) < 4.78 is 2.22. The highest BCUT2D eigenvalue weighted by atomic mass is 35.5. The molecule has 0 amide bonds. The third-order valence-electron chi connectivity index (χ3n) is 5.34. The van der Waals surface area contributed by atoms with Crippen molar-refractivity contribution in [2.45, 2.75) is 48.1 Å². The van der Waals surface area contributed by atoms with Gasteiger partial charge in [0.1, 0.15) is 17.5 Å². The van der Waals surface area contributed by atoms with Crippen molar-refractivity contribution < 1.29 is 0 Å². The van der Waals surface area contributed by atoms with E-state index in [2.05, 4.69) is 10.6 Å². The Labute approximate surface area is 175 Å². The standard InChI is InChI=1S/C23H22ClN3S/c24-17-11-13-19(14-12-17)28-23-21(16-7-3-1-4-8-16)20(15-25)22(26)27(23)18-9-5-2-6-10-18/h1,3-4,7-8,11-14,18H,2,5-6,9-10,26H2. The Morgan fingerprint density at radius 1 is 1.00 bits per heavy atom. The predicted molar refractivity (Wildman–Crippen MR) is 117 cm³/mol. The average molecular weight is 408 g/mol. The Balaban J connectivity index is 1.90. The maximum Gasteiger partial charge on any atom is 0.123 e. The molecule has 0 unspecified atom stereocenters. The van der Waals surface area contributed by atoms with Gasteiger partial charge in [-0.15, -0.1) is 0 Å². The number of hydrogen-bond acceptors (Lipinski definition) is 3. The van der Waals surface area contributed by atoms with E-state index in [4.69, 9.17) is 17.3 Å². The number of anilines is 1. The van der Waals surface area contributed by atoms with Crippen molar-refractivity contribution in [3.05, 3.63) is 65.2 Å². The highest BCUT2D eigenvalue weighted by Crippen LogP contribution is 2.46. The summed E-state index contributed by atoms with van der Waals surface area (Å²) in [5, 5.41) is 11.7. The minimum atomic E-state index is 0.341. The molecule has 0 bridgehead atoms. The van der Waals surface area contributed by atoms with Crippen LogP contribution in [-0.4, -0.2) is 4.57 Å². The minimum absolute atomic E-state index is 0.341. The Morgan fingerprint density at radius 2 is 1.68 bits per heavy atom. The first-order valence-electron chi connectivity index (χ1n) is 9.61. The summed E-state index contributed by atoms with van der Waals surface area (Å²) >= 11 is 7.73. The van der Waals surface area contributed by atoms with Crippen molar-refractivity contribution in [1.82, 2.24) is 4.57 Å². The molecule has 0 spiro atoms. The SMILES string of the molecule is N#Cc1c(-c2ccccc2)c(Sc2ccc(Cl)cc2)n(C2CCCCC2)c1N. The fraction of sp³-hybridized carbons (Fsp3) is 0.261. The molecule has 0 saturated heterocycles. The van der Waals surface area contributed by atoms with Gasteiger partial charge in [0.15, 0.2) is 0 Å². The first-order valence-corrected chi connectivity index (χ1v) is 10.8. The summed E-state index contributed by atoms with van der Waals surface area (Å²) in [6, 6.07) is 20.6. The van der Waals surface area contributed by atoms with Gasteiger partial charge in [0.2, 0.25) is 0 Å². The lowest BCUT2D eigenvalue weighted by Crippen LogP contribution is -2.16. The highest BCUT2D eigenvalue weighted by Gasteiger charge is 2.28. The fourth-order valence-electron chi connectivity index (χ4n) is 3.99. The minimum Gasteiger partial charge on any atom is -0.384 e. The lowest BCUT2D eigenvalue weighted by Gasteiger charge is -2.26. The van der Waals surface area contributed by atoms with Crippen molar-refractivity contribution in [3.63, 3.8) is 0 Å². The highest BCUT2D eigenvalue weighted by molar-refractivity contribution is 7.99. The normalized spacial score (nSPS) is 14.7. The molecule has 4 rings (SSSR count). The van der Waals surface area contributed by atoms with Crippen LogP contribution in [0.3, 0.4) is 0 Å². The van der Waals surface area contributed by atoms with Crippen LogP contribution in [0.4, 0.5) is 5.82 Å². The van der Waals surface area contributed by atoms with Crippen molar-refractivity contribution in [3.8, 4) is 17.2 Å². The largest absolute Gasteiger partial charge is 0.384 e. The lowest BCUT2D eigenvalue weighted by atomic mass is 9.95. The maximum absolute atomic E-state index is 9.93. The van der Waals surface area contributed by atoms with Gasteiger partial charge in [0.25, 0.3) is 0 Å². The number of aromatic nitrogens is 1. The van der Waals surface area contributed by atoms with Crippen LogP contribution in [-0.2, 0) is 0 Å². The Morgan fingerprint density at radius 3 is 2.32 bits per heavy atom. The number of nitrogens with zero attached hydrogens (tertiary/aromatic N) is 2. The Bertz CT molecular complexity index is 997. The van der Waals surface area contributed by atoms with Crippen LogP contribution in [0.5, 0.6) is 0 Å². The van der Waals surface area contributed by atoms with Crippen molar-refractivity contribution in [1.29, 1.82) is 5.26 Å². The number of rotatable bonds is 4. The van der Waals surface area contributed by atoms with E-state index in [9.17, 15) is 5.26 Å². The molecule has 3 aromatic rings. The molecular formula is C23H22ClN3S. The zero-order valence-electron chi connectivity index (χ0n) is 15.6. The van der Waals surface area contributed by atoms with Gasteiger partial charge in [-0.05, 0) is 42.7 Å². The van der Waals surface area contributed by atoms with E-state index in [-0.39, 0.29) is 0 Å². The summed E-state index contributed by atoms with van der Waals surface area (Å²) in [6.07, 6.45) is 5.89. The van der Waals surface area contributed by atoms with E-state index in [1.54, 1.807) is 11.8 Å². The molecule has 0 aliphatic heterocycles. The molecule has 2 N–H and O–H groups in total. The average Bonchev–Trinajstić information content (AvgIpc) is 3.02. The molecule has 0 atom stereocenters. The molecule has 3 nitrogen and oxygen atoms in total. The Kier molecular flexibility index (Phi) is 5.66. The third kappa shape index (κ3) is 3.65. The number of halogens is 1. The van der Waals surface area contributed by atoms with Crippen LogP contribution < -0.4 is 5.73 Å². The van der Waals surface area contributed by atoms with Gasteiger partial charge in [-0.2, -0.15) is 5.26 Å². The topological polar surface area (TPSA) is 54.7 Å². The molecular weight excluding hydrogens is 386 g/mol. The smallest absolute Gasteiger partial charge is 0.123 e. The Hall–Kier alpha value is -2.35. The molecule has 5 heteroatoms. The molecule has 1 heterocycles. The third-order valence-corrected chi connectivity index (χ3v) is 6.69. The van der Waals surface area contributed by atoms with Gasteiger partial charge < -0.3 is 10.3 Å². The fourth-order valence-corrected chi connectivity index (χ4v) is 5.28. The second-order valence-corrected chi connectivity index (χ2v) is 8.63. The number of benzene rings is 2. The molecule has 142 valence electrons. The van der Waals surface area contributed by atoms with Crippen LogP contribution in [0.1, 0.15) is 43.7 Å². The lowest BCUT2D eigenvalue weighted by molar-refractivity contribution is 0.343. The van der Waals surface area contributed by atoms with Gasteiger partial charge in [0, 0.05) is 21.5 Å². The van der Waals surface area contributed by atoms with E-state index >= 15 is 0 Å². The van der Waals surface area contributed by atoms with E-state index in [1.807, 2.05) is 54.6 Å². The van der Waals surface area contributed by atoms with Gasteiger partial charge in [-0.25, -0.2) is 0 Å². The molecule has 1 fully saturated rings. The predicted octanol–water partition coefficient (Wildman–Crippen LogP) is 6.92. The van der Waals surface area contributed by atoms with E-state index < -0.39 is 0 Å². The van der Waals surface area contributed by atoms with Crippen LogP contribution in [0.15, 0.2) is 64.5 Å². The summed E-state index contributed by atoms with van der Waals surface area (Å²) in [6.45, 7) is 0. The van der Waals surface area contributed by atoms with Crippen LogP contribution in [0.2, 0.25) is 5.02 Å². The van der Waals surface area contributed by atoms with Gasteiger partial charge in [-0.3, -0.25) is 0 Å². The summed E-state index contributed by atoms with van der Waals surface area (Å²) in [5.74, 6) is 0.588. The van der Waals surface area contributed by atoms with Gasteiger partial charge >= 0.3 is 0 Å². The maximum atomic E-state index is 9.93. The summed E-state index contributed by atoms with van der Waals surface area (Å²) in [5.41, 5.74) is 9.11. The summed E-state index contributed by atoms with van der Waals surface area (Å²) in [4.78, 5) is 1.08. The van der Waals surface area contributed by atoms with Gasteiger partial charge in [-0.1, -0.05) is 73.0 Å². The molecule has 1 aliphatic carbocycles. The summed E-state index contributed by atoms with van der Waals surface area (Å²) in [7, 11) is 0. The second-order valence-electron chi connectivity index (χ2n) is 7.14. The molecule has 0 radical (unpaired) electrons. The van der Waals surface area contributed by atoms with Crippen LogP contribution in [0, 0.1) is 11.3 Å². The quantitative estimate of drug-likeness (QED) is 0.510. The van der Waals surface area contributed by atoms with Crippen molar-refractivity contribution in [2.75, 3.05) is 5.73 Å².